The fraction of sp³-hybridized carbons (Fsp3) is 0.588. The number of alkyl halides is 3. The maximum atomic E-state index is 13.2. The summed E-state index contributed by atoms with van der Waals surface area (Å²) in [7, 11) is 0. The van der Waals surface area contributed by atoms with Gasteiger partial charge in [-0.05, 0) is 30.5 Å². The average molecular weight is 378 g/mol. The molecule has 1 saturated heterocycles. The minimum Gasteiger partial charge on any atom is -0.367 e. The van der Waals surface area contributed by atoms with Crippen molar-refractivity contribution in [2.24, 2.45) is 5.92 Å². The monoisotopic (exact) mass is 377 g/mol. The van der Waals surface area contributed by atoms with E-state index in [2.05, 4.69) is 19.2 Å². The van der Waals surface area contributed by atoms with Gasteiger partial charge in [-0.25, -0.2) is 4.79 Å². The highest BCUT2D eigenvalue weighted by Crippen LogP contribution is 2.38. The van der Waals surface area contributed by atoms with Crippen molar-refractivity contribution in [3.8, 4) is 0 Å². The van der Waals surface area contributed by atoms with Crippen molar-refractivity contribution < 1.29 is 18.0 Å². The Morgan fingerprint density at radius 3 is 2.44 bits per heavy atom. The van der Waals surface area contributed by atoms with Crippen molar-refractivity contribution in [2.75, 3.05) is 37.6 Å². The first kappa shape index (κ1) is 19.7. The van der Waals surface area contributed by atoms with Gasteiger partial charge in [-0.3, -0.25) is 0 Å². The molecule has 0 bridgehead atoms. The molecule has 1 aromatic rings. The number of piperazine rings is 1. The van der Waals surface area contributed by atoms with E-state index in [0.717, 1.165) is 12.5 Å². The number of hydrogen-bond donors (Lipinski definition) is 1. The molecule has 25 heavy (non-hydrogen) atoms. The lowest BCUT2D eigenvalue weighted by Gasteiger charge is -2.37. The van der Waals surface area contributed by atoms with E-state index in [-0.39, 0.29) is 16.7 Å². The van der Waals surface area contributed by atoms with E-state index in [1.807, 2.05) is 0 Å². The van der Waals surface area contributed by atoms with Crippen LogP contribution in [0, 0.1) is 5.92 Å². The highest BCUT2D eigenvalue weighted by atomic mass is 35.5. The van der Waals surface area contributed by atoms with Gasteiger partial charge in [0.25, 0.3) is 0 Å². The summed E-state index contributed by atoms with van der Waals surface area (Å²) in [5.41, 5.74) is -0.633. The van der Waals surface area contributed by atoms with Gasteiger partial charge in [0.05, 0.1) is 5.56 Å². The summed E-state index contributed by atoms with van der Waals surface area (Å²) >= 11 is 5.72. The predicted molar refractivity (Wildman–Crippen MR) is 93.1 cm³/mol. The fourth-order valence-corrected chi connectivity index (χ4v) is 2.91. The lowest BCUT2D eigenvalue weighted by atomic mass is 10.1. The molecule has 2 amide bonds. The summed E-state index contributed by atoms with van der Waals surface area (Å²) in [6.45, 7) is 6.22. The molecule has 0 saturated carbocycles. The number of hydrogen-bond acceptors (Lipinski definition) is 2. The number of nitrogens with zero attached hydrogens (tertiary/aromatic N) is 2. The third-order valence-corrected chi connectivity index (χ3v) is 4.40. The molecular formula is C17H23ClF3N3O. The molecule has 1 aliphatic rings. The lowest BCUT2D eigenvalue weighted by Crippen LogP contribution is -2.52. The van der Waals surface area contributed by atoms with Crippen molar-refractivity contribution in [2.45, 2.75) is 26.4 Å². The van der Waals surface area contributed by atoms with Crippen LogP contribution in [0.15, 0.2) is 18.2 Å². The van der Waals surface area contributed by atoms with Crippen LogP contribution in [0.5, 0.6) is 0 Å². The SMILES string of the molecule is CC(C)CCNC(=O)N1CCN(c2ccc(Cl)cc2C(F)(F)F)CC1. The molecule has 140 valence electrons. The second kappa shape index (κ2) is 8.17. The summed E-state index contributed by atoms with van der Waals surface area (Å²) in [5, 5.41) is 2.91. The molecule has 4 nitrogen and oxygen atoms in total. The molecule has 1 aromatic carbocycles. The van der Waals surface area contributed by atoms with Gasteiger partial charge >= 0.3 is 12.2 Å². The van der Waals surface area contributed by atoms with Gasteiger partial charge in [-0.2, -0.15) is 13.2 Å². The second-order valence-corrected chi connectivity index (χ2v) is 6.98. The Labute approximate surface area is 150 Å². The van der Waals surface area contributed by atoms with Crippen LogP contribution in [0.25, 0.3) is 0 Å². The first-order valence-corrected chi connectivity index (χ1v) is 8.70. The predicted octanol–water partition coefficient (Wildman–Crippen LogP) is 4.24. The van der Waals surface area contributed by atoms with Crippen LogP contribution in [0.1, 0.15) is 25.8 Å². The van der Waals surface area contributed by atoms with Crippen molar-refractivity contribution >= 4 is 23.3 Å². The average Bonchev–Trinajstić information content (AvgIpc) is 2.53. The fourth-order valence-electron chi connectivity index (χ4n) is 2.74. The minimum atomic E-state index is -4.47. The number of rotatable bonds is 4. The van der Waals surface area contributed by atoms with E-state index in [1.165, 1.54) is 12.1 Å². The first-order valence-electron chi connectivity index (χ1n) is 8.33. The van der Waals surface area contributed by atoms with E-state index in [9.17, 15) is 18.0 Å². The van der Waals surface area contributed by atoms with Crippen LogP contribution >= 0.6 is 11.6 Å². The zero-order valence-corrected chi connectivity index (χ0v) is 15.1. The minimum absolute atomic E-state index is 0.0549. The van der Waals surface area contributed by atoms with Gasteiger partial charge in [-0.1, -0.05) is 25.4 Å². The van der Waals surface area contributed by atoms with Crippen LogP contribution in [-0.2, 0) is 6.18 Å². The number of carbonyl (C=O) groups is 1. The van der Waals surface area contributed by atoms with Crippen LogP contribution in [0.2, 0.25) is 5.02 Å². The smallest absolute Gasteiger partial charge is 0.367 e. The maximum absolute atomic E-state index is 13.2. The molecule has 1 fully saturated rings. The van der Waals surface area contributed by atoms with Gasteiger partial charge in [0.1, 0.15) is 0 Å². The molecule has 1 heterocycles. The topological polar surface area (TPSA) is 35.6 Å². The number of carbonyl (C=O) groups excluding carboxylic acids is 1. The second-order valence-electron chi connectivity index (χ2n) is 6.55. The van der Waals surface area contributed by atoms with Gasteiger partial charge in [0.2, 0.25) is 0 Å². The standard InChI is InChI=1S/C17H23ClF3N3O/c1-12(2)5-6-22-16(25)24-9-7-23(8-10-24)15-4-3-13(18)11-14(15)17(19,20)21/h3-4,11-12H,5-10H2,1-2H3,(H,22,25). The normalized spacial score (nSPS) is 15.6. The zero-order chi connectivity index (χ0) is 18.6. The number of nitrogens with one attached hydrogen (secondary N) is 1. The number of anilines is 1. The van der Waals surface area contributed by atoms with Gasteiger partial charge < -0.3 is 15.1 Å². The number of amides is 2. The number of halogens is 4. The molecule has 0 aromatic heterocycles. The van der Waals surface area contributed by atoms with Crippen molar-refractivity contribution in [1.29, 1.82) is 0 Å². The molecule has 2 rings (SSSR count). The molecule has 1 N–H and O–H groups in total. The summed E-state index contributed by atoms with van der Waals surface area (Å²) in [6, 6.07) is 3.63. The van der Waals surface area contributed by atoms with Crippen LogP contribution in [-0.4, -0.2) is 43.7 Å². The zero-order valence-electron chi connectivity index (χ0n) is 14.4. The third-order valence-electron chi connectivity index (χ3n) is 4.17. The van der Waals surface area contributed by atoms with E-state index >= 15 is 0 Å². The Kier molecular flexibility index (Phi) is 6.43. The summed E-state index contributed by atoms with van der Waals surface area (Å²) in [4.78, 5) is 15.4. The van der Waals surface area contributed by atoms with Crippen LogP contribution in [0.3, 0.4) is 0 Å². The molecule has 0 aliphatic carbocycles. The summed E-state index contributed by atoms with van der Waals surface area (Å²) in [6.07, 6.45) is -3.57. The Bertz CT molecular complexity index is 599. The first-order chi connectivity index (χ1) is 11.7. The van der Waals surface area contributed by atoms with Gasteiger partial charge in [-0.15, -0.1) is 0 Å². The van der Waals surface area contributed by atoms with Gasteiger partial charge in [0.15, 0.2) is 0 Å². The van der Waals surface area contributed by atoms with Crippen LogP contribution < -0.4 is 10.2 Å². The summed E-state index contributed by atoms with van der Waals surface area (Å²) < 4.78 is 39.7. The van der Waals surface area contributed by atoms with E-state index in [4.69, 9.17) is 11.6 Å². The molecule has 8 heteroatoms. The highest BCUT2D eigenvalue weighted by molar-refractivity contribution is 6.30. The quantitative estimate of drug-likeness (QED) is 0.852. The molecule has 0 atom stereocenters. The Morgan fingerprint density at radius 1 is 1.24 bits per heavy atom. The number of benzene rings is 1. The third kappa shape index (κ3) is 5.42. The van der Waals surface area contributed by atoms with Crippen molar-refractivity contribution in [3.05, 3.63) is 28.8 Å². The van der Waals surface area contributed by atoms with Crippen LogP contribution in [0.4, 0.5) is 23.7 Å². The van der Waals surface area contributed by atoms with Gasteiger partial charge in [0, 0.05) is 43.4 Å². The molecule has 0 spiro atoms. The maximum Gasteiger partial charge on any atom is 0.418 e. The van der Waals surface area contributed by atoms with E-state index < -0.39 is 11.7 Å². The molecule has 0 radical (unpaired) electrons. The Balaban J connectivity index is 1.97. The number of urea groups is 1. The van der Waals surface area contributed by atoms with E-state index in [0.29, 0.717) is 38.6 Å². The Morgan fingerprint density at radius 2 is 1.88 bits per heavy atom. The molecule has 1 aliphatic heterocycles. The van der Waals surface area contributed by atoms with E-state index in [1.54, 1.807) is 9.80 Å². The summed E-state index contributed by atoms with van der Waals surface area (Å²) in [5.74, 6) is 0.503. The Hall–Kier alpha value is -1.63. The molecular weight excluding hydrogens is 355 g/mol. The lowest BCUT2D eigenvalue weighted by molar-refractivity contribution is -0.137. The molecule has 0 unspecified atom stereocenters. The largest absolute Gasteiger partial charge is 0.418 e. The highest BCUT2D eigenvalue weighted by Gasteiger charge is 2.36. The van der Waals surface area contributed by atoms with Crippen molar-refractivity contribution in [3.63, 3.8) is 0 Å². The van der Waals surface area contributed by atoms with Crippen molar-refractivity contribution in [1.82, 2.24) is 10.2 Å².